The maximum atomic E-state index is 12.7. The van der Waals surface area contributed by atoms with Crippen LogP contribution in [0.3, 0.4) is 0 Å². The molecule has 1 heterocycles. The molecule has 1 saturated carbocycles. The van der Waals surface area contributed by atoms with Gasteiger partial charge in [-0.2, -0.15) is 0 Å². The number of hydrogen-bond donors (Lipinski definition) is 1. The highest BCUT2D eigenvalue weighted by Crippen LogP contribution is 2.33. The van der Waals surface area contributed by atoms with Gasteiger partial charge in [-0.1, -0.05) is 22.4 Å². The molecule has 0 saturated heterocycles. The number of ether oxygens (including phenoxy) is 2. The van der Waals surface area contributed by atoms with E-state index in [9.17, 15) is 26.4 Å². The van der Waals surface area contributed by atoms with E-state index in [1.165, 1.54) is 18.3 Å². The molecule has 1 aromatic heterocycles. The monoisotopic (exact) mass is 522 g/mol. The molecule has 31 heavy (non-hydrogen) atoms. The first-order valence-electron chi connectivity index (χ1n) is 9.28. The van der Waals surface area contributed by atoms with Crippen molar-refractivity contribution in [3.8, 4) is 5.75 Å². The number of hydrogen-bond acceptors (Lipinski definition) is 6. The molecule has 0 aliphatic heterocycles. The maximum absolute atomic E-state index is 12.7. The van der Waals surface area contributed by atoms with Gasteiger partial charge in [-0.05, 0) is 49.9 Å². The predicted molar refractivity (Wildman–Crippen MR) is 108 cm³/mol. The third-order valence-electron chi connectivity index (χ3n) is 4.47. The van der Waals surface area contributed by atoms with Crippen LogP contribution >= 0.6 is 15.9 Å². The van der Waals surface area contributed by atoms with E-state index in [1.807, 2.05) is 0 Å². The van der Waals surface area contributed by atoms with Gasteiger partial charge in [-0.15, -0.1) is 13.2 Å². The number of rotatable bonds is 6. The zero-order valence-corrected chi connectivity index (χ0v) is 18.4. The second-order valence-corrected chi connectivity index (χ2v) is 9.44. The summed E-state index contributed by atoms with van der Waals surface area (Å²) in [6, 6.07) is 4.27. The summed E-state index contributed by atoms with van der Waals surface area (Å²) in [6.07, 6.45) is 1.59. The minimum atomic E-state index is -5.08. The van der Waals surface area contributed by atoms with Crippen LogP contribution < -0.4 is 9.46 Å². The molecule has 1 fully saturated rings. The van der Waals surface area contributed by atoms with E-state index in [0.29, 0.717) is 0 Å². The van der Waals surface area contributed by atoms with Gasteiger partial charge in [0, 0.05) is 10.7 Å². The maximum Gasteiger partial charge on any atom is 0.573 e. The van der Waals surface area contributed by atoms with Gasteiger partial charge in [0.25, 0.3) is 10.0 Å². The first-order valence-corrected chi connectivity index (χ1v) is 11.6. The lowest BCUT2D eigenvalue weighted by atomic mass is 9.98. The number of pyridine rings is 1. The van der Waals surface area contributed by atoms with Crippen LogP contribution in [-0.4, -0.2) is 31.8 Å². The third-order valence-corrected chi connectivity index (χ3v) is 6.37. The zero-order chi connectivity index (χ0) is 22.6. The van der Waals surface area contributed by atoms with Gasteiger partial charge in [0.15, 0.2) is 0 Å². The van der Waals surface area contributed by atoms with E-state index in [0.717, 1.165) is 50.4 Å². The average molecular weight is 523 g/mol. The predicted octanol–water partition coefficient (Wildman–Crippen LogP) is 5.03. The molecule has 1 aromatic carbocycles. The third kappa shape index (κ3) is 6.57. The van der Waals surface area contributed by atoms with Crippen LogP contribution in [0.4, 0.5) is 18.9 Å². The number of nitrogens with one attached hydrogen (secondary N) is 1. The number of halogens is 4. The quantitative estimate of drug-likeness (QED) is 0.534. The molecular formula is C19H18BrF3N2O5S. The number of esters is 1. The van der Waals surface area contributed by atoms with E-state index in [1.54, 1.807) is 0 Å². The highest BCUT2D eigenvalue weighted by Gasteiger charge is 2.34. The standard InChI is InChI=1S/C19H18BrF3N2O5S/c20-13-6-7-16(30-19(21,22)23)17(9-13)31(27,28)25-14-8-12(10-24-11-14)18(26)29-15-4-2-1-3-5-15/h6-11,15,25H,1-5H2. The van der Waals surface area contributed by atoms with Gasteiger partial charge < -0.3 is 9.47 Å². The Balaban J connectivity index is 1.81. The summed E-state index contributed by atoms with van der Waals surface area (Å²) in [6.45, 7) is 0. The topological polar surface area (TPSA) is 94.6 Å². The minimum absolute atomic E-state index is 0.0202. The Kier molecular flexibility index (Phi) is 7.10. The molecule has 0 spiro atoms. The molecule has 0 amide bonds. The molecule has 2 aromatic rings. The summed E-state index contributed by atoms with van der Waals surface area (Å²) in [4.78, 5) is 15.5. The van der Waals surface area contributed by atoms with Crippen LogP contribution in [0, 0.1) is 0 Å². The van der Waals surface area contributed by atoms with Crippen molar-refractivity contribution in [3.63, 3.8) is 0 Å². The number of carbonyl (C=O) groups is 1. The summed E-state index contributed by atoms with van der Waals surface area (Å²) in [5.41, 5.74) is -0.0946. The van der Waals surface area contributed by atoms with Crippen LogP contribution in [0.25, 0.3) is 0 Å². The summed E-state index contributed by atoms with van der Waals surface area (Å²) < 4.78 is 75.1. The highest BCUT2D eigenvalue weighted by molar-refractivity contribution is 9.10. The van der Waals surface area contributed by atoms with Gasteiger partial charge in [-0.25, -0.2) is 13.2 Å². The van der Waals surface area contributed by atoms with Crippen molar-refractivity contribution in [3.05, 3.63) is 46.7 Å². The number of carbonyl (C=O) groups excluding carboxylic acids is 1. The second kappa shape index (κ2) is 9.43. The molecule has 7 nitrogen and oxygen atoms in total. The molecule has 0 unspecified atom stereocenters. The van der Waals surface area contributed by atoms with Gasteiger partial charge in [0.05, 0.1) is 17.4 Å². The minimum Gasteiger partial charge on any atom is -0.459 e. The Hall–Kier alpha value is -2.34. The highest BCUT2D eigenvalue weighted by atomic mass is 79.9. The van der Waals surface area contributed by atoms with Crippen LogP contribution in [0.2, 0.25) is 0 Å². The van der Waals surface area contributed by atoms with Gasteiger partial charge in [0.1, 0.15) is 16.7 Å². The summed E-state index contributed by atoms with van der Waals surface area (Å²) in [7, 11) is -4.51. The lowest BCUT2D eigenvalue weighted by Gasteiger charge is -2.21. The Morgan fingerprint density at radius 3 is 2.52 bits per heavy atom. The Bertz CT molecular complexity index is 1060. The van der Waals surface area contributed by atoms with E-state index < -0.39 is 33.0 Å². The van der Waals surface area contributed by atoms with E-state index >= 15 is 0 Å². The lowest BCUT2D eigenvalue weighted by Crippen LogP contribution is -2.22. The fourth-order valence-electron chi connectivity index (χ4n) is 3.12. The Morgan fingerprint density at radius 1 is 1.13 bits per heavy atom. The first-order chi connectivity index (χ1) is 14.5. The molecule has 12 heteroatoms. The molecule has 0 radical (unpaired) electrons. The van der Waals surface area contributed by atoms with Crippen LogP contribution in [0.5, 0.6) is 5.75 Å². The van der Waals surface area contributed by atoms with Crippen LogP contribution in [0.15, 0.2) is 46.0 Å². The SMILES string of the molecule is O=C(OC1CCCCC1)c1cncc(NS(=O)(=O)c2cc(Br)ccc2OC(F)(F)F)c1. The smallest absolute Gasteiger partial charge is 0.459 e. The van der Waals surface area contributed by atoms with Crippen molar-refractivity contribution in [1.29, 1.82) is 0 Å². The summed E-state index contributed by atoms with van der Waals surface area (Å²) >= 11 is 3.03. The molecule has 168 valence electrons. The number of benzene rings is 1. The number of nitrogens with zero attached hydrogens (tertiary/aromatic N) is 1. The zero-order valence-electron chi connectivity index (χ0n) is 16.0. The first kappa shape index (κ1) is 23.3. The van der Waals surface area contributed by atoms with Crippen molar-refractivity contribution >= 4 is 37.6 Å². The molecule has 0 bridgehead atoms. The summed E-state index contributed by atoms with van der Waals surface area (Å²) in [5, 5.41) is 0. The lowest BCUT2D eigenvalue weighted by molar-refractivity contribution is -0.275. The van der Waals surface area contributed by atoms with Gasteiger partial charge >= 0.3 is 12.3 Å². The van der Waals surface area contributed by atoms with E-state index in [4.69, 9.17) is 4.74 Å². The van der Waals surface area contributed by atoms with Crippen LogP contribution in [0.1, 0.15) is 42.5 Å². The molecule has 1 aliphatic rings. The average Bonchev–Trinajstić information content (AvgIpc) is 2.69. The second-order valence-electron chi connectivity index (χ2n) is 6.87. The fraction of sp³-hybridized carbons (Fsp3) is 0.368. The van der Waals surface area contributed by atoms with Crippen molar-refractivity contribution in [1.82, 2.24) is 4.98 Å². The number of sulfonamides is 1. The molecule has 0 atom stereocenters. The summed E-state index contributed by atoms with van der Waals surface area (Å²) in [5.74, 6) is -1.55. The number of aromatic nitrogens is 1. The van der Waals surface area contributed by atoms with E-state index in [2.05, 4.69) is 30.4 Å². The van der Waals surface area contributed by atoms with Crippen molar-refractivity contribution in [2.24, 2.45) is 0 Å². The fourth-order valence-corrected chi connectivity index (χ4v) is 4.82. The number of alkyl halides is 3. The molecular weight excluding hydrogens is 505 g/mol. The molecule has 3 rings (SSSR count). The Labute approximate surface area is 185 Å². The van der Waals surface area contributed by atoms with E-state index in [-0.39, 0.29) is 21.8 Å². The molecule has 1 aliphatic carbocycles. The van der Waals surface area contributed by atoms with Gasteiger partial charge in [-0.3, -0.25) is 9.71 Å². The van der Waals surface area contributed by atoms with Crippen molar-refractivity contribution in [2.75, 3.05) is 4.72 Å². The van der Waals surface area contributed by atoms with Gasteiger partial charge in [0.2, 0.25) is 0 Å². The largest absolute Gasteiger partial charge is 0.573 e. The van der Waals surface area contributed by atoms with Crippen molar-refractivity contribution < 1.29 is 35.9 Å². The van der Waals surface area contributed by atoms with Crippen molar-refractivity contribution in [2.45, 2.75) is 49.5 Å². The molecule has 1 N–H and O–H groups in total. The van der Waals surface area contributed by atoms with Crippen LogP contribution in [-0.2, 0) is 14.8 Å². The normalized spacial score (nSPS) is 15.4. The number of anilines is 1. The Morgan fingerprint density at radius 2 is 1.84 bits per heavy atom.